The van der Waals surface area contributed by atoms with E-state index in [0.29, 0.717) is 4.88 Å². The molecule has 84 valence electrons. The summed E-state index contributed by atoms with van der Waals surface area (Å²) < 4.78 is 0. The predicted molar refractivity (Wildman–Crippen MR) is 63.9 cm³/mol. The molecule has 0 bridgehead atoms. The number of hydrazine groups is 1. The summed E-state index contributed by atoms with van der Waals surface area (Å²) in [5.74, 6) is -0.689. The van der Waals surface area contributed by atoms with E-state index in [9.17, 15) is 9.59 Å². The molecular formula is C11H12N2O2S. The molecule has 0 fully saturated rings. The van der Waals surface area contributed by atoms with Gasteiger partial charge in [-0.05, 0) is 18.4 Å². The SMILES string of the molecule is C/C=C/C=C/C(=O)NNC(=O)c1cccs1. The Morgan fingerprint density at radius 1 is 1.31 bits per heavy atom. The van der Waals surface area contributed by atoms with Crippen LogP contribution in [0.2, 0.25) is 0 Å². The number of thiophene rings is 1. The van der Waals surface area contributed by atoms with E-state index in [4.69, 9.17) is 0 Å². The molecule has 1 rings (SSSR count). The van der Waals surface area contributed by atoms with E-state index in [-0.39, 0.29) is 11.8 Å². The van der Waals surface area contributed by atoms with E-state index in [2.05, 4.69) is 10.9 Å². The van der Waals surface area contributed by atoms with Gasteiger partial charge in [-0.25, -0.2) is 0 Å². The second-order valence-corrected chi connectivity index (χ2v) is 3.75. The summed E-state index contributed by atoms with van der Waals surface area (Å²) in [5, 5.41) is 1.79. The van der Waals surface area contributed by atoms with E-state index in [1.165, 1.54) is 17.4 Å². The zero-order chi connectivity index (χ0) is 11.8. The lowest BCUT2D eigenvalue weighted by Crippen LogP contribution is -2.40. The quantitative estimate of drug-likeness (QED) is 0.476. The lowest BCUT2D eigenvalue weighted by Gasteiger charge is -2.02. The molecule has 1 aromatic heterocycles. The molecule has 0 spiro atoms. The fourth-order valence-electron chi connectivity index (χ4n) is 0.883. The van der Waals surface area contributed by atoms with Crippen molar-refractivity contribution in [3.05, 3.63) is 46.7 Å². The molecule has 0 aliphatic heterocycles. The molecule has 4 nitrogen and oxygen atoms in total. The molecule has 0 atom stereocenters. The number of amides is 2. The van der Waals surface area contributed by atoms with Crippen LogP contribution in [0.15, 0.2) is 41.8 Å². The maximum absolute atomic E-state index is 11.4. The second-order valence-electron chi connectivity index (χ2n) is 2.81. The van der Waals surface area contributed by atoms with Crippen molar-refractivity contribution >= 4 is 23.2 Å². The molecule has 2 amide bonds. The Bertz CT molecular complexity index is 408. The summed E-state index contributed by atoms with van der Waals surface area (Å²) in [5.41, 5.74) is 4.59. The van der Waals surface area contributed by atoms with Gasteiger partial charge in [-0.15, -0.1) is 11.3 Å². The lowest BCUT2D eigenvalue weighted by atomic mass is 10.4. The van der Waals surface area contributed by atoms with Gasteiger partial charge in [0.1, 0.15) is 0 Å². The summed E-state index contributed by atoms with van der Waals surface area (Å²) in [6.45, 7) is 1.85. The van der Waals surface area contributed by atoms with E-state index in [0.717, 1.165) is 0 Å². The van der Waals surface area contributed by atoms with E-state index in [1.807, 2.05) is 6.92 Å². The molecule has 0 aliphatic rings. The van der Waals surface area contributed by atoms with Gasteiger partial charge in [-0.3, -0.25) is 20.4 Å². The Balaban J connectivity index is 2.35. The highest BCUT2D eigenvalue weighted by molar-refractivity contribution is 7.12. The number of hydrogen-bond acceptors (Lipinski definition) is 3. The summed E-state index contributed by atoms with van der Waals surface area (Å²) in [6.07, 6.45) is 6.44. The molecule has 0 aliphatic carbocycles. The van der Waals surface area contributed by atoms with Gasteiger partial charge >= 0.3 is 0 Å². The Labute approximate surface area is 97.6 Å². The minimum Gasteiger partial charge on any atom is -0.268 e. The first-order valence-electron chi connectivity index (χ1n) is 4.67. The Morgan fingerprint density at radius 2 is 2.12 bits per heavy atom. The summed E-state index contributed by atoms with van der Waals surface area (Å²) in [7, 11) is 0. The van der Waals surface area contributed by atoms with E-state index < -0.39 is 0 Å². The van der Waals surface area contributed by atoms with Gasteiger partial charge in [-0.1, -0.05) is 24.3 Å². The third-order valence-corrected chi connectivity index (χ3v) is 2.46. The number of carbonyl (C=O) groups excluding carboxylic acids is 2. The number of hydrogen-bond donors (Lipinski definition) is 2. The fourth-order valence-corrected chi connectivity index (χ4v) is 1.50. The maximum atomic E-state index is 11.4. The smallest absolute Gasteiger partial charge is 0.268 e. The zero-order valence-corrected chi connectivity index (χ0v) is 9.58. The first kappa shape index (κ1) is 12.2. The van der Waals surface area contributed by atoms with Gasteiger partial charge in [0.25, 0.3) is 11.8 Å². The minimum atomic E-state index is -0.372. The average molecular weight is 236 g/mol. The largest absolute Gasteiger partial charge is 0.279 e. The number of carbonyl (C=O) groups is 2. The van der Waals surface area contributed by atoms with Gasteiger partial charge in [-0.2, -0.15) is 0 Å². The molecule has 0 unspecified atom stereocenters. The van der Waals surface area contributed by atoms with Crippen molar-refractivity contribution in [2.45, 2.75) is 6.92 Å². The van der Waals surface area contributed by atoms with Crippen LogP contribution in [0.1, 0.15) is 16.6 Å². The number of allylic oxidation sites excluding steroid dienone is 3. The van der Waals surface area contributed by atoms with Crippen molar-refractivity contribution in [3.8, 4) is 0 Å². The molecule has 0 saturated heterocycles. The van der Waals surface area contributed by atoms with Crippen LogP contribution in [0.5, 0.6) is 0 Å². The van der Waals surface area contributed by atoms with Gasteiger partial charge in [0.15, 0.2) is 0 Å². The van der Waals surface area contributed by atoms with Gasteiger partial charge in [0.2, 0.25) is 0 Å². The fraction of sp³-hybridized carbons (Fsp3) is 0.0909. The van der Waals surface area contributed by atoms with E-state index in [1.54, 1.807) is 35.7 Å². The van der Waals surface area contributed by atoms with Crippen molar-refractivity contribution in [1.29, 1.82) is 0 Å². The Kier molecular flexibility index (Phi) is 5.01. The van der Waals surface area contributed by atoms with Crippen LogP contribution in [0.25, 0.3) is 0 Å². The van der Waals surface area contributed by atoms with Gasteiger partial charge < -0.3 is 0 Å². The van der Waals surface area contributed by atoms with Crippen LogP contribution in [-0.4, -0.2) is 11.8 Å². The van der Waals surface area contributed by atoms with Gasteiger partial charge in [0, 0.05) is 6.08 Å². The highest BCUT2D eigenvalue weighted by atomic mass is 32.1. The van der Waals surface area contributed by atoms with Crippen LogP contribution in [0, 0.1) is 0 Å². The third-order valence-electron chi connectivity index (χ3n) is 1.60. The molecular weight excluding hydrogens is 224 g/mol. The molecule has 1 aromatic rings. The Morgan fingerprint density at radius 3 is 2.75 bits per heavy atom. The number of rotatable bonds is 3. The molecule has 0 saturated carbocycles. The predicted octanol–water partition coefficient (Wildman–Crippen LogP) is 1.64. The average Bonchev–Trinajstić information content (AvgIpc) is 2.79. The molecule has 1 heterocycles. The second kappa shape index (κ2) is 6.58. The van der Waals surface area contributed by atoms with Crippen molar-refractivity contribution in [1.82, 2.24) is 10.9 Å². The zero-order valence-electron chi connectivity index (χ0n) is 8.77. The molecule has 5 heteroatoms. The highest BCUT2D eigenvalue weighted by Gasteiger charge is 2.05. The molecule has 2 N–H and O–H groups in total. The summed E-state index contributed by atoms with van der Waals surface area (Å²) in [4.78, 5) is 23.1. The molecule has 0 radical (unpaired) electrons. The van der Waals surface area contributed by atoms with Crippen LogP contribution < -0.4 is 10.9 Å². The van der Waals surface area contributed by atoms with Crippen molar-refractivity contribution in [3.63, 3.8) is 0 Å². The first-order chi connectivity index (χ1) is 7.74. The van der Waals surface area contributed by atoms with Crippen LogP contribution in [0.3, 0.4) is 0 Å². The van der Waals surface area contributed by atoms with Crippen molar-refractivity contribution in [2.24, 2.45) is 0 Å². The Hall–Kier alpha value is -1.88. The number of nitrogens with one attached hydrogen (secondary N) is 2. The van der Waals surface area contributed by atoms with E-state index >= 15 is 0 Å². The molecule has 0 aromatic carbocycles. The maximum Gasteiger partial charge on any atom is 0.279 e. The van der Waals surface area contributed by atoms with Crippen LogP contribution in [-0.2, 0) is 4.79 Å². The summed E-state index contributed by atoms with van der Waals surface area (Å²) >= 11 is 1.31. The normalized spacial score (nSPS) is 10.8. The monoisotopic (exact) mass is 236 g/mol. The minimum absolute atomic E-state index is 0.317. The standard InChI is InChI=1S/C11H12N2O2S/c1-2-3-4-7-10(14)12-13-11(15)9-6-5-8-16-9/h2-8H,1H3,(H,12,14)(H,13,15)/b3-2+,7-4+. The molecule has 16 heavy (non-hydrogen) atoms. The van der Waals surface area contributed by atoms with Crippen molar-refractivity contribution in [2.75, 3.05) is 0 Å². The first-order valence-corrected chi connectivity index (χ1v) is 5.55. The highest BCUT2D eigenvalue weighted by Crippen LogP contribution is 2.06. The summed E-state index contributed by atoms with van der Waals surface area (Å²) in [6, 6.07) is 3.45. The van der Waals surface area contributed by atoms with Crippen LogP contribution >= 0.6 is 11.3 Å². The third kappa shape index (κ3) is 4.10. The topological polar surface area (TPSA) is 58.2 Å². The van der Waals surface area contributed by atoms with Crippen molar-refractivity contribution < 1.29 is 9.59 Å². The lowest BCUT2D eigenvalue weighted by molar-refractivity contribution is -0.117. The van der Waals surface area contributed by atoms with Gasteiger partial charge in [0.05, 0.1) is 4.88 Å². The van der Waals surface area contributed by atoms with Crippen LogP contribution in [0.4, 0.5) is 0 Å².